The van der Waals surface area contributed by atoms with E-state index in [1.807, 2.05) is 0 Å². The van der Waals surface area contributed by atoms with Gasteiger partial charge in [-0.25, -0.2) is 4.57 Å². The summed E-state index contributed by atoms with van der Waals surface area (Å²) >= 11 is 23.6. The molecule has 0 saturated carbocycles. The molecule has 0 N–H and O–H groups in total. The Balaban J connectivity index is 3.15. The summed E-state index contributed by atoms with van der Waals surface area (Å²) in [6.07, 6.45) is 0. The number of rotatable bonds is 7. The Morgan fingerprint density at radius 1 is 1.10 bits per heavy atom. The molecule has 0 spiro atoms. The third-order valence-electron chi connectivity index (χ3n) is 2.16. The minimum atomic E-state index is -3.79. The summed E-state index contributed by atoms with van der Waals surface area (Å²) in [6.45, 7) is 3.60. The van der Waals surface area contributed by atoms with Crippen molar-refractivity contribution in [2.75, 3.05) is 13.2 Å². The van der Waals surface area contributed by atoms with Gasteiger partial charge in [-0.2, -0.15) is 0 Å². The fourth-order valence-corrected chi connectivity index (χ4v) is 3.43. The number of halogens is 4. The van der Waals surface area contributed by atoms with Gasteiger partial charge in [-0.3, -0.25) is 9.05 Å². The van der Waals surface area contributed by atoms with Crippen LogP contribution in [0.5, 0.6) is 0 Å². The van der Waals surface area contributed by atoms with Crippen LogP contribution >= 0.6 is 54.2 Å². The van der Waals surface area contributed by atoms with Crippen LogP contribution in [0.2, 0.25) is 15.1 Å². The van der Waals surface area contributed by atoms with E-state index in [1.54, 1.807) is 13.8 Å². The third kappa shape index (κ3) is 5.33. The predicted molar refractivity (Wildman–Crippen MR) is 87.2 cm³/mol. The summed E-state index contributed by atoms with van der Waals surface area (Å²) in [5.41, 5.74) is 1.39. The SMILES string of the molecule is CCOP(=O)(OCC)O/C(=C/Cl)c1cc(Cl)c(Cl)cc1Cl. The molecule has 0 aromatic heterocycles. The van der Waals surface area contributed by atoms with E-state index in [-0.39, 0.29) is 34.0 Å². The number of phosphoric acid groups is 1. The summed E-state index contributed by atoms with van der Waals surface area (Å²) < 4.78 is 27.7. The van der Waals surface area contributed by atoms with Crippen LogP contribution in [0.3, 0.4) is 0 Å². The highest BCUT2D eigenvalue weighted by Crippen LogP contribution is 2.53. The second-order valence-electron chi connectivity index (χ2n) is 3.59. The minimum absolute atomic E-state index is 0.00506. The van der Waals surface area contributed by atoms with Gasteiger partial charge in [0, 0.05) is 11.1 Å². The molecule has 0 heterocycles. The Kier molecular flexibility index (Phi) is 7.86. The topological polar surface area (TPSA) is 44.8 Å². The second kappa shape index (κ2) is 8.64. The Morgan fingerprint density at radius 2 is 1.62 bits per heavy atom. The molecule has 0 aliphatic rings. The largest absolute Gasteiger partial charge is 0.530 e. The van der Waals surface area contributed by atoms with Gasteiger partial charge in [-0.05, 0) is 26.0 Å². The van der Waals surface area contributed by atoms with Gasteiger partial charge in [0.2, 0.25) is 0 Å². The first-order valence-corrected chi connectivity index (χ1v) is 8.94. The van der Waals surface area contributed by atoms with Gasteiger partial charge in [-0.1, -0.05) is 46.4 Å². The zero-order valence-electron chi connectivity index (χ0n) is 11.2. The molecule has 0 radical (unpaired) electrons. The predicted octanol–water partition coefficient (Wildman–Crippen LogP) is 6.38. The first-order chi connectivity index (χ1) is 9.86. The first kappa shape index (κ1) is 19.1. The Bertz CT molecular complexity index is 567. The zero-order chi connectivity index (χ0) is 16.0. The molecule has 0 fully saturated rings. The van der Waals surface area contributed by atoms with Crippen LogP contribution < -0.4 is 0 Å². The molecule has 1 aromatic rings. The molecule has 118 valence electrons. The van der Waals surface area contributed by atoms with Crippen molar-refractivity contribution >= 4 is 60.0 Å². The fraction of sp³-hybridized carbons (Fsp3) is 0.333. The molecule has 21 heavy (non-hydrogen) atoms. The van der Waals surface area contributed by atoms with E-state index in [0.717, 1.165) is 5.54 Å². The van der Waals surface area contributed by atoms with Crippen molar-refractivity contribution in [3.63, 3.8) is 0 Å². The van der Waals surface area contributed by atoms with Crippen molar-refractivity contribution in [3.05, 3.63) is 38.3 Å². The summed E-state index contributed by atoms with van der Waals surface area (Å²) in [5, 5.41) is 0.756. The normalized spacial score (nSPS) is 12.6. The van der Waals surface area contributed by atoms with E-state index in [0.29, 0.717) is 5.56 Å². The molecule has 0 unspecified atom stereocenters. The lowest BCUT2D eigenvalue weighted by atomic mass is 10.2. The van der Waals surface area contributed by atoms with Crippen molar-refractivity contribution in [2.45, 2.75) is 13.8 Å². The quantitative estimate of drug-likeness (QED) is 0.306. The van der Waals surface area contributed by atoms with Gasteiger partial charge in [0.25, 0.3) is 0 Å². The van der Waals surface area contributed by atoms with E-state index in [2.05, 4.69) is 0 Å². The number of hydrogen-bond donors (Lipinski definition) is 0. The van der Waals surface area contributed by atoms with Crippen LogP contribution in [0.15, 0.2) is 17.7 Å². The van der Waals surface area contributed by atoms with E-state index in [1.165, 1.54) is 12.1 Å². The highest BCUT2D eigenvalue weighted by atomic mass is 35.5. The standard InChI is InChI=1S/C12H13Cl4O4P/c1-3-18-21(17,19-4-2)20-12(7-13)8-5-10(15)11(16)6-9(8)14/h5-7H,3-4H2,1-2H3/b12-7+. The van der Waals surface area contributed by atoms with E-state index in [9.17, 15) is 4.57 Å². The third-order valence-corrected chi connectivity index (χ3v) is 4.96. The van der Waals surface area contributed by atoms with Gasteiger partial charge >= 0.3 is 7.82 Å². The highest BCUT2D eigenvalue weighted by Gasteiger charge is 2.29. The summed E-state index contributed by atoms with van der Waals surface area (Å²) in [7, 11) is -3.79. The molecule has 9 heteroatoms. The Morgan fingerprint density at radius 3 is 2.10 bits per heavy atom. The smallest absolute Gasteiger partial charge is 0.402 e. The highest BCUT2D eigenvalue weighted by molar-refractivity contribution is 7.48. The number of benzene rings is 1. The van der Waals surface area contributed by atoms with Crippen molar-refractivity contribution in [3.8, 4) is 0 Å². The molecule has 0 aliphatic carbocycles. The maximum atomic E-state index is 12.4. The van der Waals surface area contributed by atoms with Crippen molar-refractivity contribution in [1.82, 2.24) is 0 Å². The van der Waals surface area contributed by atoms with Crippen molar-refractivity contribution in [1.29, 1.82) is 0 Å². The van der Waals surface area contributed by atoms with Gasteiger partial charge in [0.15, 0.2) is 5.76 Å². The van der Waals surface area contributed by atoms with E-state index in [4.69, 9.17) is 60.0 Å². The molecule has 1 rings (SSSR count). The van der Waals surface area contributed by atoms with Crippen LogP contribution in [-0.4, -0.2) is 13.2 Å². The molecule has 0 bridgehead atoms. The average Bonchev–Trinajstić information content (AvgIpc) is 2.41. The maximum Gasteiger partial charge on any atom is 0.530 e. The molecule has 0 saturated heterocycles. The Labute approximate surface area is 143 Å². The van der Waals surface area contributed by atoms with Gasteiger partial charge in [0.05, 0.1) is 28.3 Å². The lowest BCUT2D eigenvalue weighted by Gasteiger charge is -2.19. The minimum Gasteiger partial charge on any atom is -0.402 e. The molecule has 0 amide bonds. The van der Waals surface area contributed by atoms with Gasteiger partial charge in [-0.15, -0.1) is 0 Å². The molecular formula is C12H13Cl4O4P. The van der Waals surface area contributed by atoms with Crippen LogP contribution in [-0.2, 0) is 18.1 Å². The van der Waals surface area contributed by atoms with Gasteiger partial charge in [0.1, 0.15) is 0 Å². The molecule has 0 atom stereocenters. The molecule has 4 nitrogen and oxygen atoms in total. The van der Waals surface area contributed by atoms with Crippen LogP contribution in [0.1, 0.15) is 19.4 Å². The second-order valence-corrected chi connectivity index (χ2v) is 6.63. The average molecular weight is 394 g/mol. The van der Waals surface area contributed by atoms with E-state index >= 15 is 0 Å². The summed E-state index contributed by atoms with van der Waals surface area (Å²) in [4.78, 5) is 0. The summed E-state index contributed by atoms with van der Waals surface area (Å²) in [5.74, 6) is 0.00506. The van der Waals surface area contributed by atoms with Crippen LogP contribution in [0, 0.1) is 0 Å². The van der Waals surface area contributed by atoms with Gasteiger partial charge < -0.3 is 4.52 Å². The van der Waals surface area contributed by atoms with Crippen LogP contribution in [0.25, 0.3) is 5.76 Å². The maximum absolute atomic E-state index is 12.4. The van der Waals surface area contributed by atoms with E-state index < -0.39 is 7.82 Å². The molecule has 0 aliphatic heterocycles. The number of phosphoric ester groups is 1. The molecule has 1 aromatic carbocycles. The monoisotopic (exact) mass is 392 g/mol. The summed E-state index contributed by atoms with van der Waals surface area (Å²) in [6, 6.07) is 2.87. The zero-order valence-corrected chi connectivity index (χ0v) is 15.2. The van der Waals surface area contributed by atoms with Crippen LogP contribution in [0.4, 0.5) is 0 Å². The van der Waals surface area contributed by atoms with Crippen molar-refractivity contribution in [2.24, 2.45) is 0 Å². The first-order valence-electron chi connectivity index (χ1n) is 5.90. The lowest BCUT2D eigenvalue weighted by molar-refractivity contribution is 0.159. The van der Waals surface area contributed by atoms with Crippen molar-refractivity contribution < 1.29 is 18.1 Å². The Hall–Kier alpha value is 0.0700. The lowest BCUT2D eigenvalue weighted by Crippen LogP contribution is -2.00. The fourth-order valence-electron chi connectivity index (χ4n) is 1.37. The molecular weight excluding hydrogens is 381 g/mol. The number of hydrogen-bond acceptors (Lipinski definition) is 4.